The molecule has 0 aromatic heterocycles. The molecule has 0 aliphatic rings. The lowest BCUT2D eigenvalue weighted by molar-refractivity contribution is 0.368. The Balaban J connectivity index is 0.000000347. The van der Waals surface area contributed by atoms with Crippen LogP contribution in [-0.4, -0.2) is 21.3 Å². The van der Waals surface area contributed by atoms with Gasteiger partial charge in [-0.15, -0.1) is 0 Å². The first-order valence-electron chi connectivity index (χ1n) is 5.65. The molecule has 0 atom stereocenters. The van der Waals surface area contributed by atoms with Gasteiger partial charge in [-0.1, -0.05) is 18.2 Å². The van der Waals surface area contributed by atoms with Gasteiger partial charge in [0.1, 0.15) is 0 Å². The molecule has 0 saturated carbocycles. The van der Waals surface area contributed by atoms with Crippen LogP contribution in [0, 0.1) is 5.39 Å². The zero-order valence-corrected chi connectivity index (χ0v) is 10.9. The van der Waals surface area contributed by atoms with Crippen molar-refractivity contribution in [1.29, 1.82) is 5.39 Å². The van der Waals surface area contributed by atoms with Crippen molar-refractivity contribution in [2.45, 2.75) is 0 Å². The van der Waals surface area contributed by atoms with Gasteiger partial charge in [0.05, 0.1) is 5.39 Å². The predicted molar refractivity (Wildman–Crippen MR) is 73.2 cm³/mol. The molecule has 2 aromatic rings. The number of anilines is 1. The van der Waals surface area contributed by atoms with E-state index in [2.05, 4.69) is 4.98 Å². The molecule has 2 aromatic carbocycles. The van der Waals surface area contributed by atoms with Crippen LogP contribution in [0.25, 0.3) is 15.7 Å². The SMILES string of the molecule is CN(C)c1ccc([N+]#N)c2ccccc12.F[B-](F)(F)F. The van der Waals surface area contributed by atoms with Crippen LogP contribution in [0.2, 0.25) is 0 Å². The molecule has 3 nitrogen and oxygen atoms in total. The maximum Gasteiger partial charge on any atom is 0.673 e. The average Bonchev–Trinajstić information content (AvgIpc) is 2.35. The molecule has 0 aliphatic heterocycles. The molecule has 0 amide bonds. The standard InChI is InChI=1S/C12H12N3.BF4/c1-15(2)12-8-7-11(14-13)9-5-3-4-6-10(9)12;2-1(3,4)5/h3-8H,1-2H3;/q+1;-1. The maximum atomic E-state index is 9.75. The van der Waals surface area contributed by atoms with Gasteiger partial charge >= 0.3 is 12.9 Å². The van der Waals surface area contributed by atoms with Gasteiger partial charge in [0.25, 0.3) is 0 Å². The Morgan fingerprint density at radius 3 is 1.90 bits per heavy atom. The molecular weight excluding hydrogens is 273 g/mol. The topological polar surface area (TPSA) is 31.4 Å². The second kappa shape index (κ2) is 6.24. The minimum absolute atomic E-state index is 0.608. The van der Waals surface area contributed by atoms with Gasteiger partial charge in [0.15, 0.2) is 4.98 Å². The van der Waals surface area contributed by atoms with Gasteiger partial charge in [-0.25, -0.2) is 0 Å². The Morgan fingerprint density at radius 2 is 1.45 bits per heavy atom. The van der Waals surface area contributed by atoms with Crippen LogP contribution < -0.4 is 4.90 Å². The van der Waals surface area contributed by atoms with Crippen molar-refractivity contribution in [3.8, 4) is 0 Å². The third-order valence-corrected chi connectivity index (χ3v) is 2.47. The lowest BCUT2D eigenvalue weighted by atomic mass is 10.1. The number of fused-ring (bicyclic) bond motifs is 1. The molecule has 0 saturated heterocycles. The fraction of sp³-hybridized carbons (Fsp3) is 0.167. The summed E-state index contributed by atoms with van der Waals surface area (Å²) in [7, 11) is -2.00. The summed E-state index contributed by atoms with van der Waals surface area (Å²) < 4.78 is 39.0. The van der Waals surface area contributed by atoms with E-state index in [-0.39, 0.29) is 0 Å². The van der Waals surface area contributed by atoms with Crippen molar-refractivity contribution in [2.75, 3.05) is 19.0 Å². The molecule has 0 N–H and O–H groups in total. The molecule has 0 spiro atoms. The predicted octanol–water partition coefficient (Wildman–Crippen LogP) is 4.69. The van der Waals surface area contributed by atoms with Gasteiger partial charge in [-0.05, 0) is 12.1 Å². The van der Waals surface area contributed by atoms with Crippen molar-refractivity contribution in [1.82, 2.24) is 0 Å². The summed E-state index contributed by atoms with van der Waals surface area (Å²) in [6, 6.07) is 11.7. The first kappa shape index (κ1) is 15.8. The highest BCUT2D eigenvalue weighted by molar-refractivity contribution is 6.50. The lowest BCUT2D eigenvalue weighted by Crippen LogP contribution is -2.08. The minimum atomic E-state index is -6.00. The first-order chi connectivity index (χ1) is 9.24. The van der Waals surface area contributed by atoms with Gasteiger partial charge in [-0.2, -0.15) is 0 Å². The van der Waals surface area contributed by atoms with Crippen LogP contribution in [0.1, 0.15) is 0 Å². The fourth-order valence-corrected chi connectivity index (χ4v) is 1.74. The number of rotatable bonds is 1. The quantitative estimate of drug-likeness (QED) is 0.432. The second-order valence-electron chi connectivity index (χ2n) is 4.14. The van der Waals surface area contributed by atoms with Crippen molar-refractivity contribution in [3.05, 3.63) is 41.4 Å². The molecule has 0 aliphatic carbocycles. The zero-order chi connectivity index (χ0) is 15.3. The number of nitrogens with zero attached hydrogens (tertiary/aromatic N) is 3. The smallest absolute Gasteiger partial charge is 0.418 e. The van der Waals surface area contributed by atoms with Crippen molar-refractivity contribution >= 4 is 29.4 Å². The fourth-order valence-electron chi connectivity index (χ4n) is 1.74. The maximum absolute atomic E-state index is 9.75. The van der Waals surface area contributed by atoms with Crippen LogP contribution in [0.5, 0.6) is 0 Å². The number of halogens is 4. The normalized spacial score (nSPS) is 10.4. The Bertz CT molecular complexity index is 629. The van der Waals surface area contributed by atoms with Crippen LogP contribution in [0.4, 0.5) is 28.6 Å². The number of diazo groups is 1. The van der Waals surface area contributed by atoms with Crippen LogP contribution in [0.15, 0.2) is 36.4 Å². The highest BCUT2D eigenvalue weighted by Crippen LogP contribution is 2.32. The van der Waals surface area contributed by atoms with Crippen LogP contribution in [0.3, 0.4) is 0 Å². The van der Waals surface area contributed by atoms with E-state index in [4.69, 9.17) is 5.39 Å². The van der Waals surface area contributed by atoms with E-state index >= 15 is 0 Å². The first-order valence-corrected chi connectivity index (χ1v) is 5.65. The molecule has 20 heavy (non-hydrogen) atoms. The summed E-state index contributed by atoms with van der Waals surface area (Å²) in [5.74, 6) is 0. The largest absolute Gasteiger partial charge is 0.673 e. The molecule has 0 heterocycles. The monoisotopic (exact) mass is 285 g/mol. The van der Waals surface area contributed by atoms with Crippen molar-refractivity contribution in [3.63, 3.8) is 0 Å². The zero-order valence-electron chi connectivity index (χ0n) is 10.9. The van der Waals surface area contributed by atoms with Gasteiger partial charge in [-0.3, -0.25) is 0 Å². The van der Waals surface area contributed by atoms with E-state index in [9.17, 15) is 17.3 Å². The molecule has 0 fully saturated rings. The van der Waals surface area contributed by atoms with E-state index in [1.807, 2.05) is 55.4 Å². The second-order valence-corrected chi connectivity index (χ2v) is 4.14. The van der Waals surface area contributed by atoms with E-state index in [0.717, 1.165) is 16.5 Å². The molecule has 2 rings (SSSR count). The highest BCUT2D eigenvalue weighted by Gasteiger charge is 2.20. The number of hydrogen-bond acceptors (Lipinski definition) is 2. The minimum Gasteiger partial charge on any atom is -0.418 e. The summed E-state index contributed by atoms with van der Waals surface area (Å²) >= 11 is 0. The van der Waals surface area contributed by atoms with Crippen LogP contribution >= 0.6 is 0 Å². The summed E-state index contributed by atoms with van der Waals surface area (Å²) in [6.45, 7) is 0. The Hall–Kier alpha value is -2.30. The van der Waals surface area contributed by atoms with E-state index in [0.29, 0.717) is 5.69 Å². The van der Waals surface area contributed by atoms with E-state index in [1.165, 1.54) is 0 Å². The van der Waals surface area contributed by atoms with Crippen molar-refractivity contribution in [2.24, 2.45) is 0 Å². The summed E-state index contributed by atoms with van der Waals surface area (Å²) in [5, 5.41) is 10.9. The van der Waals surface area contributed by atoms with Crippen LogP contribution in [-0.2, 0) is 0 Å². The number of benzene rings is 2. The molecular formula is C12H12BF4N3. The molecule has 0 radical (unpaired) electrons. The molecule has 106 valence electrons. The highest BCUT2D eigenvalue weighted by atomic mass is 19.5. The summed E-state index contributed by atoms with van der Waals surface area (Å²) in [5.41, 5.74) is 1.73. The Kier molecular flexibility index (Phi) is 4.91. The number of hydrogen-bond donors (Lipinski definition) is 0. The molecule has 0 unspecified atom stereocenters. The average molecular weight is 285 g/mol. The summed E-state index contributed by atoms with van der Waals surface area (Å²) in [4.78, 5) is 5.33. The Morgan fingerprint density at radius 1 is 0.950 bits per heavy atom. The van der Waals surface area contributed by atoms with E-state index in [1.54, 1.807) is 0 Å². The third-order valence-electron chi connectivity index (χ3n) is 2.47. The molecule has 0 bridgehead atoms. The van der Waals surface area contributed by atoms with E-state index < -0.39 is 7.25 Å². The van der Waals surface area contributed by atoms with Gasteiger partial charge < -0.3 is 22.2 Å². The third kappa shape index (κ3) is 4.42. The summed E-state index contributed by atoms with van der Waals surface area (Å²) in [6.07, 6.45) is 0. The van der Waals surface area contributed by atoms with Gasteiger partial charge in [0.2, 0.25) is 5.39 Å². The Labute approximate surface area is 113 Å². The molecule has 8 heteroatoms. The lowest BCUT2D eigenvalue weighted by Gasteiger charge is -2.14. The van der Waals surface area contributed by atoms with Gasteiger partial charge in [0, 0.05) is 31.2 Å². The van der Waals surface area contributed by atoms with Crippen molar-refractivity contribution < 1.29 is 17.3 Å².